The summed E-state index contributed by atoms with van der Waals surface area (Å²) in [5.74, 6) is -1.30. The van der Waals surface area contributed by atoms with Gasteiger partial charge in [-0.3, -0.25) is 4.79 Å². The summed E-state index contributed by atoms with van der Waals surface area (Å²) < 4.78 is 4.60. The molecule has 13 heavy (non-hydrogen) atoms. The Morgan fingerprint density at radius 1 is 1.46 bits per heavy atom. The third-order valence-corrected chi connectivity index (χ3v) is 1.51. The molecule has 0 aliphatic carbocycles. The molecule has 0 aromatic carbocycles. The number of carbonyl (C=O) groups is 2. The number of aliphatic hydroxyl groups is 1. The molecule has 0 saturated carbocycles. The zero-order valence-electron chi connectivity index (χ0n) is 8.09. The monoisotopic (exact) mass is 189 g/mol. The fourth-order valence-electron chi connectivity index (χ4n) is 0.825. The van der Waals surface area contributed by atoms with Gasteiger partial charge in [0.2, 0.25) is 11.6 Å². The van der Waals surface area contributed by atoms with Gasteiger partial charge < -0.3 is 15.2 Å². The van der Waals surface area contributed by atoms with Crippen molar-refractivity contribution >= 4 is 11.9 Å². The maximum Gasteiger partial charge on any atom is 0.359 e. The van der Waals surface area contributed by atoms with Crippen LogP contribution >= 0.6 is 0 Å². The molecule has 1 unspecified atom stereocenters. The molecule has 0 saturated heterocycles. The van der Waals surface area contributed by atoms with Gasteiger partial charge in [0.15, 0.2) is 0 Å². The number of carbonyl (C=O) groups excluding carboxylic acids is 2. The van der Waals surface area contributed by atoms with E-state index in [9.17, 15) is 14.7 Å². The highest BCUT2D eigenvalue weighted by atomic mass is 16.6. The first-order valence-electron chi connectivity index (χ1n) is 4.14. The number of amides is 1. The van der Waals surface area contributed by atoms with Crippen LogP contribution in [-0.4, -0.2) is 29.3 Å². The van der Waals surface area contributed by atoms with Crippen molar-refractivity contribution in [1.29, 1.82) is 0 Å². The van der Waals surface area contributed by atoms with Gasteiger partial charge in [-0.25, -0.2) is 4.79 Å². The van der Waals surface area contributed by atoms with Gasteiger partial charge in [0.05, 0.1) is 6.61 Å². The largest absolute Gasteiger partial charge is 0.462 e. The summed E-state index contributed by atoms with van der Waals surface area (Å²) in [6.07, 6.45) is 0.0748. The van der Waals surface area contributed by atoms with Crippen LogP contribution < -0.4 is 5.32 Å². The van der Waals surface area contributed by atoms with E-state index in [1.54, 1.807) is 13.8 Å². The molecule has 0 rings (SSSR count). The lowest BCUT2D eigenvalue weighted by molar-refractivity contribution is -0.171. The van der Waals surface area contributed by atoms with E-state index >= 15 is 0 Å². The maximum absolute atomic E-state index is 11.1. The molecule has 0 bridgehead atoms. The van der Waals surface area contributed by atoms with Gasteiger partial charge in [-0.05, 0) is 6.92 Å². The molecule has 76 valence electrons. The molecule has 1 amide bonds. The normalized spacial score (nSPS) is 14.5. The molecular weight excluding hydrogens is 174 g/mol. The van der Waals surface area contributed by atoms with Gasteiger partial charge in [0, 0.05) is 13.3 Å². The van der Waals surface area contributed by atoms with Crippen LogP contribution in [-0.2, 0) is 14.3 Å². The standard InChI is InChI=1S/C8H15NO4/c1-4-8(12,9-6(3)10)7(11)13-5-2/h12H,4-5H2,1-3H3,(H,9,10). The zero-order valence-corrected chi connectivity index (χ0v) is 8.09. The van der Waals surface area contributed by atoms with Gasteiger partial charge in [-0.2, -0.15) is 0 Å². The second kappa shape index (κ2) is 4.81. The van der Waals surface area contributed by atoms with Crippen LogP contribution in [0.1, 0.15) is 27.2 Å². The van der Waals surface area contributed by atoms with Gasteiger partial charge in [-0.1, -0.05) is 6.92 Å². The van der Waals surface area contributed by atoms with Crippen molar-refractivity contribution in [3.8, 4) is 0 Å². The Kier molecular flexibility index (Phi) is 4.40. The molecule has 2 N–H and O–H groups in total. The van der Waals surface area contributed by atoms with Gasteiger partial charge >= 0.3 is 5.97 Å². The molecule has 0 spiro atoms. The maximum atomic E-state index is 11.1. The average Bonchev–Trinajstić information content (AvgIpc) is 2.03. The lowest BCUT2D eigenvalue weighted by atomic mass is 10.1. The zero-order chi connectivity index (χ0) is 10.5. The molecule has 1 atom stereocenters. The van der Waals surface area contributed by atoms with Crippen LogP contribution in [0.3, 0.4) is 0 Å². The van der Waals surface area contributed by atoms with Crippen molar-refractivity contribution < 1.29 is 19.4 Å². The molecule has 0 fully saturated rings. The Morgan fingerprint density at radius 2 is 2.00 bits per heavy atom. The van der Waals surface area contributed by atoms with Crippen LogP contribution in [0.5, 0.6) is 0 Å². The van der Waals surface area contributed by atoms with E-state index in [0.717, 1.165) is 0 Å². The van der Waals surface area contributed by atoms with Crippen LogP contribution in [0.2, 0.25) is 0 Å². The van der Waals surface area contributed by atoms with E-state index in [1.165, 1.54) is 6.92 Å². The van der Waals surface area contributed by atoms with E-state index in [2.05, 4.69) is 10.1 Å². The predicted molar refractivity (Wildman–Crippen MR) is 45.7 cm³/mol. The first kappa shape index (κ1) is 11.9. The fraction of sp³-hybridized carbons (Fsp3) is 0.750. The molecule has 0 aliphatic heterocycles. The van der Waals surface area contributed by atoms with Crippen molar-refractivity contribution in [2.75, 3.05) is 6.61 Å². The van der Waals surface area contributed by atoms with E-state index in [4.69, 9.17) is 0 Å². The molecule has 0 aromatic heterocycles. The molecule has 0 aliphatic rings. The molecule has 0 radical (unpaired) electrons. The number of esters is 1. The Labute approximate surface area is 77.1 Å². The number of rotatable bonds is 4. The minimum absolute atomic E-state index is 0.0748. The van der Waals surface area contributed by atoms with Gasteiger partial charge in [0.1, 0.15) is 0 Å². The summed E-state index contributed by atoms with van der Waals surface area (Å²) >= 11 is 0. The van der Waals surface area contributed by atoms with E-state index < -0.39 is 17.6 Å². The summed E-state index contributed by atoms with van der Waals surface area (Å²) in [5.41, 5.74) is -1.89. The SMILES string of the molecule is CCOC(=O)C(O)(CC)NC(C)=O. The first-order valence-corrected chi connectivity index (χ1v) is 4.14. The highest BCUT2D eigenvalue weighted by Crippen LogP contribution is 2.07. The van der Waals surface area contributed by atoms with Gasteiger partial charge in [-0.15, -0.1) is 0 Å². The van der Waals surface area contributed by atoms with Gasteiger partial charge in [0.25, 0.3) is 0 Å². The minimum atomic E-state index is -1.89. The molecular formula is C8H15NO4. The molecule has 5 heteroatoms. The second-order valence-electron chi connectivity index (χ2n) is 2.62. The van der Waals surface area contributed by atoms with Crippen molar-refractivity contribution in [3.05, 3.63) is 0 Å². The smallest absolute Gasteiger partial charge is 0.359 e. The number of hydrogen-bond donors (Lipinski definition) is 2. The Balaban J connectivity index is 4.42. The third-order valence-electron chi connectivity index (χ3n) is 1.51. The Hall–Kier alpha value is -1.10. The summed E-state index contributed by atoms with van der Waals surface area (Å²) in [6, 6.07) is 0. The third kappa shape index (κ3) is 3.42. The van der Waals surface area contributed by atoms with Crippen LogP contribution in [0.25, 0.3) is 0 Å². The van der Waals surface area contributed by atoms with E-state index in [1.807, 2.05) is 0 Å². The van der Waals surface area contributed by atoms with Crippen molar-refractivity contribution in [2.24, 2.45) is 0 Å². The number of nitrogens with one attached hydrogen (secondary N) is 1. The summed E-state index contributed by atoms with van der Waals surface area (Å²) in [4.78, 5) is 21.8. The Morgan fingerprint density at radius 3 is 2.31 bits per heavy atom. The van der Waals surface area contributed by atoms with Crippen molar-refractivity contribution in [2.45, 2.75) is 32.9 Å². The molecule has 0 heterocycles. The minimum Gasteiger partial charge on any atom is -0.462 e. The average molecular weight is 189 g/mol. The Bertz CT molecular complexity index is 204. The number of ether oxygens (including phenoxy) is 1. The molecule has 5 nitrogen and oxygen atoms in total. The summed E-state index contributed by atoms with van der Waals surface area (Å²) in [7, 11) is 0. The quantitative estimate of drug-likeness (QED) is 0.473. The van der Waals surface area contributed by atoms with Crippen LogP contribution in [0, 0.1) is 0 Å². The summed E-state index contributed by atoms with van der Waals surface area (Å²) in [5, 5.41) is 11.7. The van der Waals surface area contributed by atoms with E-state index in [-0.39, 0.29) is 13.0 Å². The fourth-order valence-corrected chi connectivity index (χ4v) is 0.825. The lowest BCUT2D eigenvalue weighted by Gasteiger charge is -2.24. The topological polar surface area (TPSA) is 75.6 Å². The lowest BCUT2D eigenvalue weighted by Crippen LogP contribution is -2.54. The second-order valence-corrected chi connectivity index (χ2v) is 2.62. The highest BCUT2D eigenvalue weighted by Gasteiger charge is 2.36. The predicted octanol–water partition coefficient (Wildman–Crippen LogP) is -0.216. The van der Waals surface area contributed by atoms with Crippen LogP contribution in [0.4, 0.5) is 0 Å². The number of hydrogen-bond acceptors (Lipinski definition) is 4. The highest BCUT2D eigenvalue weighted by molar-refractivity contribution is 5.85. The van der Waals surface area contributed by atoms with Crippen molar-refractivity contribution in [1.82, 2.24) is 5.32 Å². The first-order chi connectivity index (χ1) is 5.96. The van der Waals surface area contributed by atoms with E-state index in [0.29, 0.717) is 0 Å². The summed E-state index contributed by atoms with van der Waals surface area (Å²) in [6.45, 7) is 4.59. The molecule has 0 aromatic rings. The van der Waals surface area contributed by atoms with Crippen molar-refractivity contribution in [3.63, 3.8) is 0 Å². The van der Waals surface area contributed by atoms with Crippen LogP contribution in [0.15, 0.2) is 0 Å².